The van der Waals surface area contributed by atoms with Crippen molar-refractivity contribution in [2.24, 2.45) is 5.73 Å². The van der Waals surface area contributed by atoms with Crippen LogP contribution in [0.4, 0.5) is 10.3 Å². The molecule has 2 heterocycles. The SMILES string of the molecule is CC1=C(C(N)=O)[C@H](c2ccc(F)cc2)n2nc(-c3ccc(Cl)cc3)nc2N1. The zero-order valence-electron chi connectivity index (χ0n) is 14.3. The number of allylic oxidation sites excluding steroid dienone is 1. The molecule has 3 aromatic rings. The highest BCUT2D eigenvalue weighted by molar-refractivity contribution is 6.30. The number of anilines is 1. The highest BCUT2D eigenvalue weighted by atomic mass is 35.5. The van der Waals surface area contributed by atoms with E-state index < -0.39 is 11.9 Å². The molecule has 1 amide bonds. The summed E-state index contributed by atoms with van der Waals surface area (Å²) in [4.78, 5) is 16.6. The second-order valence-electron chi connectivity index (χ2n) is 6.19. The van der Waals surface area contributed by atoms with Crippen LogP contribution in [-0.2, 0) is 4.79 Å². The van der Waals surface area contributed by atoms with Crippen molar-refractivity contribution in [1.29, 1.82) is 0 Å². The largest absolute Gasteiger partial charge is 0.366 e. The van der Waals surface area contributed by atoms with E-state index in [2.05, 4.69) is 15.4 Å². The van der Waals surface area contributed by atoms with Crippen molar-refractivity contribution in [2.75, 3.05) is 5.32 Å². The Morgan fingerprint density at radius 2 is 1.85 bits per heavy atom. The number of nitrogens with zero attached hydrogens (tertiary/aromatic N) is 3. The number of hydrogen-bond acceptors (Lipinski definition) is 4. The molecule has 0 aliphatic carbocycles. The predicted molar refractivity (Wildman–Crippen MR) is 101 cm³/mol. The maximum Gasteiger partial charge on any atom is 0.248 e. The average Bonchev–Trinajstić information content (AvgIpc) is 3.05. The zero-order chi connectivity index (χ0) is 19.1. The highest BCUT2D eigenvalue weighted by Crippen LogP contribution is 2.36. The summed E-state index contributed by atoms with van der Waals surface area (Å²) in [5, 5.41) is 8.24. The lowest BCUT2D eigenvalue weighted by molar-refractivity contribution is -0.115. The van der Waals surface area contributed by atoms with Crippen LogP contribution in [0.5, 0.6) is 0 Å². The van der Waals surface area contributed by atoms with Crippen molar-refractivity contribution < 1.29 is 9.18 Å². The Bertz CT molecular complexity index is 1060. The van der Waals surface area contributed by atoms with Crippen molar-refractivity contribution in [1.82, 2.24) is 14.8 Å². The first kappa shape index (κ1) is 17.2. The van der Waals surface area contributed by atoms with Gasteiger partial charge in [0.1, 0.15) is 11.9 Å². The molecule has 27 heavy (non-hydrogen) atoms. The Morgan fingerprint density at radius 1 is 1.19 bits per heavy atom. The van der Waals surface area contributed by atoms with Crippen LogP contribution < -0.4 is 11.1 Å². The first-order valence-electron chi connectivity index (χ1n) is 8.19. The number of primary amides is 1. The van der Waals surface area contributed by atoms with E-state index in [1.54, 1.807) is 35.9 Å². The van der Waals surface area contributed by atoms with E-state index in [9.17, 15) is 9.18 Å². The molecule has 136 valence electrons. The summed E-state index contributed by atoms with van der Waals surface area (Å²) in [6.07, 6.45) is 0. The smallest absolute Gasteiger partial charge is 0.248 e. The van der Waals surface area contributed by atoms with Gasteiger partial charge in [0.25, 0.3) is 0 Å². The van der Waals surface area contributed by atoms with Crippen molar-refractivity contribution >= 4 is 23.5 Å². The van der Waals surface area contributed by atoms with Gasteiger partial charge >= 0.3 is 0 Å². The molecule has 3 N–H and O–H groups in total. The van der Waals surface area contributed by atoms with Gasteiger partial charge in [-0.3, -0.25) is 4.79 Å². The molecule has 0 saturated heterocycles. The van der Waals surface area contributed by atoms with Gasteiger partial charge in [0.2, 0.25) is 11.9 Å². The average molecular weight is 384 g/mol. The minimum atomic E-state index is -0.604. The lowest BCUT2D eigenvalue weighted by Crippen LogP contribution is -2.31. The first-order valence-corrected chi connectivity index (χ1v) is 8.57. The third-order valence-corrected chi connectivity index (χ3v) is 4.66. The van der Waals surface area contributed by atoms with Crippen molar-refractivity contribution in [2.45, 2.75) is 13.0 Å². The Morgan fingerprint density at radius 3 is 2.48 bits per heavy atom. The van der Waals surface area contributed by atoms with Crippen molar-refractivity contribution in [3.63, 3.8) is 0 Å². The molecule has 6 nitrogen and oxygen atoms in total. The molecule has 4 rings (SSSR count). The van der Waals surface area contributed by atoms with Gasteiger partial charge in [0, 0.05) is 16.3 Å². The molecule has 0 spiro atoms. The summed E-state index contributed by atoms with van der Waals surface area (Å²) in [5.74, 6) is -0.00484. The minimum Gasteiger partial charge on any atom is -0.366 e. The van der Waals surface area contributed by atoms with Gasteiger partial charge in [-0.2, -0.15) is 4.98 Å². The maximum atomic E-state index is 13.4. The minimum absolute atomic E-state index is 0.349. The lowest BCUT2D eigenvalue weighted by Gasteiger charge is -2.27. The highest BCUT2D eigenvalue weighted by Gasteiger charge is 2.33. The number of nitrogens with two attached hydrogens (primary N) is 1. The van der Waals surface area contributed by atoms with E-state index in [1.807, 2.05) is 12.1 Å². The number of aromatic nitrogens is 3. The van der Waals surface area contributed by atoms with Crippen LogP contribution in [0.1, 0.15) is 18.5 Å². The van der Waals surface area contributed by atoms with Crippen LogP contribution in [0.3, 0.4) is 0 Å². The van der Waals surface area contributed by atoms with Crippen molar-refractivity contribution in [3.8, 4) is 11.4 Å². The van der Waals surface area contributed by atoms with Gasteiger partial charge in [-0.15, -0.1) is 5.10 Å². The predicted octanol–water partition coefficient (Wildman–Crippen LogP) is 3.51. The van der Waals surface area contributed by atoms with Gasteiger partial charge < -0.3 is 11.1 Å². The summed E-state index contributed by atoms with van der Waals surface area (Å²) >= 11 is 5.94. The number of amides is 1. The third-order valence-electron chi connectivity index (χ3n) is 4.41. The van der Waals surface area contributed by atoms with Crippen LogP contribution in [0.15, 0.2) is 59.8 Å². The quantitative estimate of drug-likeness (QED) is 0.724. The Kier molecular flexibility index (Phi) is 4.16. The topological polar surface area (TPSA) is 85.8 Å². The zero-order valence-corrected chi connectivity index (χ0v) is 15.0. The summed E-state index contributed by atoms with van der Waals surface area (Å²) in [7, 11) is 0. The normalized spacial score (nSPS) is 16.0. The monoisotopic (exact) mass is 383 g/mol. The molecule has 1 aliphatic rings. The molecular formula is C19H15ClFN5O. The van der Waals surface area contributed by atoms with E-state index in [0.29, 0.717) is 33.6 Å². The Hall–Kier alpha value is -3.19. The summed E-state index contributed by atoms with van der Waals surface area (Å²) in [5.41, 5.74) is 8.01. The Labute approximate surface area is 159 Å². The standard InChI is InChI=1S/C19H15ClFN5O/c1-10-15(17(22)27)16(11-4-8-14(21)9-5-11)26-19(23-10)24-18(25-26)12-2-6-13(20)7-3-12/h2-9,16H,1H3,(H2,22,27)(H,23,24,25)/t16-/m0/s1. The molecule has 8 heteroatoms. The first-order chi connectivity index (χ1) is 12.9. The fourth-order valence-corrected chi connectivity index (χ4v) is 3.27. The molecule has 0 bridgehead atoms. The van der Waals surface area contributed by atoms with Crippen LogP contribution >= 0.6 is 11.6 Å². The van der Waals surface area contributed by atoms with E-state index >= 15 is 0 Å². The molecule has 0 unspecified atom stereocenters. The van der Waals surface area contributed by atoms with Gasteiger partial charge in [0.15, 0.2) is 5.82 Å². The van der Waals surface area contributed by atoms with Gasteiger partial charge in [-0.25, -0.2) is 9.07 Å². The summed E-state index contributed by atoms with van der Waals surface area (Å²) < 4.78 is 15.0. The Balaban J connectivity index is 1.87. The second kappa shape index (κ2) is 6.51. The molecule has 0 radical (unpaired) electrons. The fraction of sp³-hybridized carbons (Fsp3) is 0.105. The lowest BCUT2D eigenvalue weighted by atomic mass is 9.95. The molecule has 1 aromatic heterocycles. The number of nitrogens with one attached hydrogen (secondary N) is 1. The number of carbonyl (C=O) groups excluding carboxylic acids is 1. The molecule has 0 fully saturated rings. The van der Waals surface area contributed by atoms with Crippen LogP contribution in [-0.4, -0.2) is 20.7 Å². The molecular weight excluding hydrogens is 369 g/mol. The number of fused-ring (bicyclic) bond motifs is 1. The third kappa shape index (κ3) is 3.06. The van der Waals surface area contributed by atoms with E-state index in [0.717, 1.165) is 5.56 Å². The van der Waals surface area contributed by atoms with Crippen LogP contribution in [0, 0.1) is 5.82 Å². The summed E-state index contributed by atoms with van der Waals surface area (Å²) in [6, 6.07) is 12.4. The van der Waals surface area contributed by atoms with Gasteiger partial charge in [-0.05, 0) is 48.9 Å². The number of hydrogen-bond donors (Lipinski definition) is 2. The van der Waals surface area contributed by atoms with Crippen LogP contribution in [0.2, 0.25) is 5.02 Å². The van der Waals surface area contributed by atoms with E-state index in [-0.39, 0.29) is 5.82 Å². The number of benzene rings is 2. The van der Waals surface area contributed by atoms with Crippen LogP contribution in [0.25, 0.3) is 11.4 Å². The molecule has 2 aromatic carbocycles. The maximum absolute atomic E-state index is 13.4. The molecule has 1 atom stereocenters. The summed E-state index contributed by atoms with van der Waals surface area (Å²) in [6.45, 7) is 1.75. The van der Waals surface area contributed by atoms with Gasteiger partial charge in [-0.1, -0.05) is 23.7 Å². The van der Waals surface area contributed by atoms with E-state index in [4.69, 9.17) is 17.3 Å². The number of halogens is 2. The fourth-order valence-electron chi connectivity index (χ4n) is 3.14. The second-order valence-corrected chi connectivity index (χ2v) is 6.63. The van der Waals surface area contributed by atoms with E-state index in [1.165, 1.54) is 12.1 Å². The number of carbonyl (C=O) groups is 1. The van der Waals surface area contributed by atoms with Crippen molar-refractivity contribution in [3.05, 3.63) is 76.2 Å². The molecule has 1 aliphatic heterocycles. The molecule has 0 saturated carbocycles. The van der Waals surface area contributed by atoms with Gasteiger partial charge in [0.05, 0.1) is 5.57 Å². The number of rotatable bonds is 3.